The molecule has 0 aliphatic carbocycles. The third kappa shape index (κ3) is 9.07. The average Bonchev–Trinajstić information content (AvgIpc) is 1.41. The second-order valence-corrected chi connectivity index (χ2v) is 1.70. The Bertz CT molecular complexity index is 23.2. The van der Waals surface area contributed by atoms with Crippen LogP contribution in [-0.2, 0) is 7.58 Å². The summed E-state index contributed by atoms with van der Waals surface area (Å²) < 4.78 is 9.10. The number of rotatable bonds is 2. The minimum atomic E-state index is -0.185. The van der Waals surface area contributed by atoms with Crippen molar-refractivity contribution in [1.29, 1.82) is 0 Å². The summed E-state index contributed by atoms with van der Waals surface area (Å²) in [7, 11) is 3.25. The van der Waals surface area contributed by atoms with Crippen LogP contribution in [0.3, 0.4) is 0 Å². The Kier molecular flexibility index (Phi) is 16.8. The van der Waals surface area contributed by atoms with Gasteiger partial charge in [-0.2, -0.15) is 0 Å². The Morgan fingerprint density at radius 3 is 1.67 bits per heavy atom. The zero-order valence-electron chi connectivity index (χ0n) is 5.39. The Morgan fingerprint density at radius 1 is 1.33 bits per heavy atom. The first-order valence-electron chi connectivity index (χ1n) is 1.29. The van der Waals surface area contributed by atoms with Gasteiger partial charge in [0.2, 0.25) is 0 Å². The molecule has 0 aliphatic rings. The maximum atomic E-state index is 4.55. The Morgan fingerprint density at radius 2 is 1.67 bits per heavy atom. The van der Waals surface area contributed by atoms with E-state index in [1.54, 1.807) is 14.2 Å². The van der Waals surface area contributed by atoms with Gasteiger partial charge in [-0.05, 0) is 0 Å². The van der Waals surface area contributed by atoms with Gasteiger partial charge in [0.15, 0.2) is 0 Å². The molecule has 0 aromatic carbocycles. The molecular weight excluding hydrogens is 106 g/mol. The standard InChI is InChI=1S/2CH3O.Al.Na.H/c2*1-2;;;/h2*1H3;;;/q2*-1;+2;+1;-1. The van der Waals surface area contributed by atoms with Gasteiger partial charge in [0.1, 0.15) is 0 Å². The molecule has 2 nitrogen and oxygen atoms in total. The van der Waals surface area contributed by atoms with Crippen molar-refractivity contribution in [2.24, 2.45) is 0 Å². The predicted octanol–water partition coefficient (Wildman–Crippen LogP) is -3.07. The third-order valence-electron chi connectivity index (χ3n) is 0.192. The second-order valence-electron chi connectivity index (χ2n) is 0.568. The van der Waals surface area contributed by atoms with E-state index in [1.165, 1.54) is 0 Å². The van der Waals surface area contributed by atoms with Crippen LogP contribution in [0, 0.1) is 0 Å². The molecule has 0 bridgehead atoms. The van der Waals surface area contributed by atoms with Gasteiger partial charge in [0.25, 0.3) is 0 Å². The van der Waals surface area contributed by atoms with Gasteiger partial charge < -0.3 is 9.00 Å². The zero-order valence-corrected chi connectivity index (χ0v) is 7.55. The van der Waals surface area contributed by atoms with Crippen LogP contribution in [0.4, 0.5) is 0 Å². The van der Waals surface area contributed by atoms with Crippen molar-refractivity contribution in [2.75, 3.05) is 14.2 Å². The zero-order chi connectivity index (χ0) is 4.12. The van der Waals surface area contributed by atoms with Gasteiger partial charge in [-0.1, -0.05) is 0 Å². The average molecular weight is 113 g/mol. The van der Waals surface area contributed by atoms with Crippen molar-refractivity contribution in [3.63, 3.8) is 0 Å². The largest absolute Gasteiger partial charge is 1.00 e. The molecule has 6 heavy (non-hydrogen) atoms. The van der Waals surface area contributed by atoms with Crippen molar-refractivity contribution in [2.45, 2.75) is 0 Å². The molecule has 31 valence electrons. The summed E-state index contributed by atoms with van der Waals surface area (Å²) in [5.41, 5.74) is 0. The maximum Gasteiger partial charge on any atom is 1.00 e. The van der Waals surface area contributed by atoms with Crippen LogP contribution >= 0.6 is 0 Å². The van der Waals surface area contributed by atoms with Crippen LogP contribution in [0.5, 0.6) is 0 Å². The second kappa shape index (κ2) is 9.68. The first kappa shape index (κ1) is 10.4. The van der Waals surface area contributed by atoms with E-state index < -0.39 is 0 Å². The van der Waals surface area contributed by atoms with E-state index >= 15 is 0 Å². The van der Waals surface area contributed by atoms with Gasteiger partial charge in [0, 0.05) is 14.2 Å². The molecule has 1 radical (unpaired) electrons. The molecule has 0 fully saturated rings. The molecular formula is C2H7AlNaO2. The van der Waals surface area contributed by atoms with Crippen LogP contribution in [0.2, 0.25) is 0 Å². The first-order chi connectivity index (χ1) is 2.41. The molecule has 0 N–H and O–H groups in total. The molecule has 0 spiro atoms. The van der Waals surface area contributed by atoms with Crippen LogP contribution < -0.4 is 29.6 Å². The van der Waals surface area contributed by atoms with E-state index in [4.69, 9.17) is 0 Å². The Labute approximate surface area is 68.4 Å². The third-order valence-corrected chi connectivity index (χ3v) is 0.577. The summed E-state index contributed by atoms with van der Waals surface area (Å²) >= 11 is -0.185. The fraction of sp³-hybridized carbons (Fsp3) is 1.00. The number of hydrogen-bond donors (Lipinski definition) is 0. The molecule has 0 rings (SSSR count). The van der Waals surface area contributed by atoms with E-state index in [1.807, 2.05) is 0 Å². The van der Waals surface area contributed by atoms with Crippen LogP contribution in [0.15, 0.2) is 0 Å². The molecule has 0 atom stereocenters. The Balaban J connectivity index is -0.0000000800. The van der Waals surface area contributed by atoms with Crippen LogP contribution in [0.25, 0.3) is 0 Å². The Hall–Kier alpha value is 1.45. The normalized spacial score (nSPS) is 6.33. The fourth-order valence-electron chi connectivity index (χ4n) is 0.0962. The summed E-state index contributed by atoms with van der Waals surface area (Å²) in [4.78, 5) is 0. The van der Waals surface area contributed by atoms with E-state index in [0.717, 1.165) is 0 Å². The summed E-state index contributed by atoms with van der Waals surface area (Å²) in [6.07, 6.45) is 0. The van der Waals surface area contributed by atoms with Gasteiger partial charge >= 0.3 is 45.4 Å². The number of hydrogen-bond acceptors (Lipinski definition) is 2. The minimum Gasteiger partial charge on any atom is -1.00 e. The SMILES string of the molecule is C[O][Al][O]C.[H-].[Na+]. The summed E-state index contributed by atoms with van der Waals surface area (Å²) in [5, 5.41) is 0. The molecule has 0 aromatic heterocycles. The predicted molar refractivity (Wildman–Crippen MR) is 20.9 cm³/mol. The van der Waals surface area contributed by atoms with Crippen molar-refractivity contribution in [3.05, 3.63) is 0 Å². The van der Waals surface area contributed by atoms with E-state index in [-0.39, 0.29) is 46.9 Å². The molecule has 0 aromatic rings. The van der Waals surface area contributed by atoms with Crippen molar-refractivity contribution < 1.29 is 38.6 Å². The molecule has 4 heteroatoms. The van der Waals surface area contributed by atoms with Crippen molar-refractivity contribution >= 4 is 15.9 Å². The minimum absolute atomic E-state index is 0. The van der Waals surface area contributed by atoms with Crippen LogP contribution in [-0.4, -0.2) is 30.1 Å². The van der Waals surface area contributed by atoms with Crippen molar-refractivity contribution in [3.8, 4) is 0 Å². The molecule has 0 saturated carbocycles. The van der Waals surface area contributed by atoms with Gasteiger partial charge in [-0.15, -0.1) is 0 Å². The first-order valence-corrected chi connectivity index (χ1v) is 2.23. The summed E-state index contributed by atoms with van der Waals surface area (Å²) in [5.74, 6) is 0. The monoisotopic (exact) mass is 113 g/mol. The maximum absolute atomic E-state index is 4.55. The van der Waals surface area contributed by atoms with E-state index in [2.05, 4.69) is 7.58 Å². The quantitative estimate of drug-likeness (QED) is 0.354. The topological polar surface area (TPSA) is 18.5 Å². The fourth-order valence-corrected chi connectivity index (χ4v) is 0.289. The van der Waals surface area contributed by atoms with E-state index in [9.17, 15) is 0 Å². The van der Waals surface area contributed by atoms with Crippen molar-refractivity contribution in [1.82, 2.24) is 0 Å². The van der Waals surface area contributed by atoms with Gasteiger partial charge in [-0.25, -0.2) is 0 Å². The molecule has 0 heterocycles. The smallest absolute Gasteiger partial charge is 1.00 e. The molecule has 0 aliphatic heterocycles. The summed E-state index contributed by atoms with van der Waals surface area (Å²) in [6, 6.07) is 0. The molecule has 0 saturated heterocycles. The van der Waals surface area contributed by atoms with Gasteiger partial charge in [-0.3, -0.25) is 0 Å². The van der Waals surface area contributed by atoms with Crippen LogP contribution in [0.1, 0.15) is 1.43 Å². The molecule has 0 amide bonds. The van der Waals surface area contributed by atoms with E-state index in [0.29, 0.717) is 0 Å². The van der Waals surface area contributed by atoms with Gasteiger partial charge in [0.05, 0.1) is 0 Å². The summed E-state index contributed by atoms with van der Waals surface area (Å²) in [6.45, 7) is 0. The molecule has 0 unspecified atom stereocenters.